The lowest BCUT2D eigenvalue weighted by atomic mass is 10.1. The maximum Gasteiger partial charge on any atom is 0.269 e. The van der Waals surface area contributed by atoms with Gasteiger partial charge in [0.1, 0.15) is 10.7 Å². The van der Waals surface area contributed by atoms with E-state index in [1.54, 1.807) is 36.7 Å². The fourth-order valence-electron chi connectivity index (χ4n) is 3.10. The van der Waals surface area contributed by atoms with Crippen LogP contribution in [-0.2, 0) is 16.6 Å². The third-order valence-electron chi connectivity index (χ3n) is 4.43. The molecule has 10 heteroatoms. The van der Waals surface area contributed by atoms with E-state index in [0.717, 1.165) is 10.9 Å². The van der Waals surface area contributed by atoms with Crippen molar-refractivity contribution in [3.05, 3.63) is 77.8 Å². The molecule has 0 bridgehead atoms. The van der Waals surface area contributed by atoms with Gasteiger partial charge >= 0.3 is 0 Å². The number of nitrogens with zero attached hydrogens (tertiary/aromatic N) is 3. The Bertz CT molecular complexity index is 1280. The lowest BCUT2D eigenvalue weighted by Crippen LogP contribution is -2.12. The molecule has 3 aromatic heterocycles. The molecule has 0 aliphatic carbocycles. The van der Waals surface area contributed by atoms with Crippen LogP contribution in [0.25, 0.3) is 10.9 Å². The molecule has 0 aliphatic rings. The molecule has 0 aliphatic heterocycles. The summed E-state index contributed by atoms with van der Waals surface area (Å²) < 4.78 is 27.8. The molecule has 1 aromatic carbocycles. The zero-order valence-electron chi connectivity index (χ0n) is 15.9. The minimum Gasteiger partial charge on any atom is -0.339 e. The summed E-state index contributed by atoms with van der Waals surface area (Å²) in [6.45, 7) is 0.533. The molecule has 0 unspecified atom stereocenters. The van der Waals surface area contributed by atoms with Crippen LogP contribution in [0.5, 0.6) is 0 Å². The van der Waals surface area contributed by atoms with Crippen molar-refractivity contribution >= 4 is 56.4 Å². The zero-order valence-corrected chi connectivity index (χ0v) is 18.3. The molecule has 0 spiro atoms. The van der Waals surface area contributed by atoms with E-state index in [1.807, 2.05) is 19.2 Å². The summed E-state index contributed by atoms with van der Waals surface area (Å²) in [4.78, 5) is 8.29. The molecule has 0 saturated heterocycles. The van der Waals surface area contributed by atoms with Crippen molar-refractivity contribution in [2.24, 2.45) is 0 Å². The first kappa shape index (κ1) is 22.0. The Kier molecular flexibility index (Phi) is 6.62. The van der Waals surface area contributed by atoms with Crippen LogP contribution in [0.2, 0.25) is 5.02 Å². The van der Waals surface area contributed by atoms with Crippen molar-refractivity contribution in [3.8, 4) is 0 Å². The van der Waals surface area contributed by atoms with E-state index < -0.39 is 10.0 Å². The first-order valence-corrected chi connectivity index (χ1v) is 10.6. The van der Waals surface area contributed by atoms with Crippen molar-refractivity contribution in [2.45, 2.75) is 11.4 Å². The van der Waals surface area contributed by atoms with Crippen molar-refractivity contribution in [1.82, 2.24) is 19.3 Å². The van der Waals surface area contributed by atoms with Crippen LogP contribution >= 0.6 is 24.0 Å². The summed E-state index contributed by atoms with van der Waals surface area (Å²) in [5.74, 6) is 0.497. The minimum absolute atomic E-state index is 0. The number of aromatic nitrogens is 3. The Labute approximate surface area is 185 Å². The van der Waals surface area contributed by atoms with Crippen molar-refractivity contribution in [2.75, 3.05) is 12.4 Å². The van der Waals surface area contributed by atoms with Crippen LogP contribution in [0.15, 0.2) is 72.1 Å². The summed E-state index contributed by atoms with van der Waals surface area (Å²) in [6.07, 6.45) is 6.15. The molecule has 30 heavy (non-hydrogen) atoms. The molecule has 156 valence electrons. The third-order valence-corrected chi connectivity index (χ3v) is 6.40. The second-order valence-electron chi connectivity index (χ2n) is 6.37. The monoisotopic (exact) mass is 463 g/mol. The van der Waals surface area contributed by atoms with Crippen LogP contribution in [0, 0.1) is 0 Å². The van der Waals surface area contributed by atoms with Gasteiger partial charge in [0.05, 0.1) is 10.5 Å². The van der Waals surface area contributed by atoms with Crippen molar-refractivity contribution < 1.29 is 8.42 Å². The van der Waals surface area contributed by atoms with E-state index in [-0.39, 0.29) is 17.3 Å². The average Bonchev–Trinajstić information content (AvgIpc) is 3.09. The number of rotatable bonds is 6. The molecule has 0 amide bonds. The lowest BCUT2D eigenvalue weighted by Gasteiger charge is -2.10. The van der Waals surface area contributed by atoms with Gasteiger partial charge in [-0.15, -0.1) is 12.4 Å². The maximum absolute atomic E-state index is 13.2. The van der Waals surface area contributed by atoms with E-state index in [9.17, 15) is 8.42 Å². The van der Waals surface area contributed by atoms with E-state index in [2.05, 4.69) is 20.6 Å². The Morgan fingerprint density at radius 2 is 1.93 bits per heavy atom. The molecule has 7 nitrogen and oxygen atoms in total. The van der Waals surface area contributed by atoms with Gasteiger partial charge in [-0.2, -0.15) is 0 Å². The second-order valence-corrected chi connectivity index (χ2v) is 8.59. The fourth-order valence-corrected chi connectivity index (χ4v) is 4.62. The SMILES string of the molecule is CNCc1cn(S(=O)(=O)c2cccnc2)c2cc(Nc3ncccc3Cl)ccc12.Cl. The first-order chi connectivity index (χ1) is 14.0. The molecular weight excluding hydrogens is 445 g/mol. The van der Waals surface area contributed by atoms with Crippen molar-refractivity contribution in [1.29, 1.82) is 0 Å². The van der Waals surface area contributed by atoms with Crippen LogP contribution in [-0.4, -0.2) is 29.4 Å². The summed E-state index contributed by atoms with van der Waals surface area (Å²) in [5, 5.41) is 7.54. The van der Waals surface area contributed by atoms with Gasteiger partial charge in [-0.05, 0) is 49.0 Å². The molecule has 0 atom stereocenters. The Balaban J connectivity index is 0.00000256. The van der Waals surface area contributed by atoms with E-state index in [4.69, 9.17) is 11.6 Å². The summed E-state index contributed by atoms with van der Waals surface area (Å²) in [6, 6.07) is 12.1. The van der Waals surface area contributed by atoms with Gasteiger partial charge in [0, 0.05) is 42.4 Å². The van der Waals surface area contributed by atoms with Gasteiger partial charge in [0.25, 0.3) is 10.0 Å². The van der Waals surface area contributed by atoms with Gasteiger partial charge < -0.3 is 10.6 Å². The number of fused-ring (bicyclic) bond motifs is 1. The van der Waals surface area contributed by atoms with Gasteiger partial charge in [0.15, 0.2) is 0 Å². The highest BCUT2D eigenvalue weighted by atomic mass is 35.5. The van der Waals surface area contributed by atoms with Crippen LogP contribution in [0.1, 0.15) is 5.56 Å². The van der Waals surface area contributed by atoms with E-state index in [0.29, 0.717) is 28.6 Å². The molecule has 0 saturated carbocycles. The molecule has 4 rings (SSSR count). The summed E-state index contributed by atoms with van der Waals surface area (Å²) >= 11 is 6.18. The topological polar surface area (TPSA) is 88.9 Å². The maximum atomic E-state index is 13.2. The smallest absolute Gasteiger partial charge is 0.269 e. The van der Waals surface area contributed by atoms with Gasteiger partial charge in [-0.1, -0.05) is 17.7 Å². The minimum atomic E-state index is -3.80. The van der Waals surface area contributed by atoms with E-state index >= 15 is 0 Å². The largest absolute Gasteiger partial charge is 0.339 e. The van der Waals surface area contributed by atoms with Gasteiger partial charge in [-0.25, -0.2) is 17.4 Å². The van der Waals surface area contributed by atoms with Crippen LogP contribution in [0.3, 0.4) is 0 Å². The third kappa shape index (κ3) is 4.13. The van der Waals surface area contributed by atoms with Crippen LogP contribution < -0.4 is 10.6 Å². The predicted octanol–water partition coefficient (Wildman–Crippen LogP) is 4.21. The molecule has 0 radical (unpaired) electrons. The number of hydrogen-bond acceptors (Lipinski definition) is 6. The highest BCUT2D eigenvalue weighted by Gasteiger charge is 2.21. The quantitative estimate of drug-likeness (QED) is 0.445. The number of halogens is 2. The summed E-state index contributed by atoms with van der Waals surface area (Å²) in [7, 11) is -1.99. The molecule has 3 heterocycles. The average molecular weight is 464 g/mol. The zero-order chi connectivity index (χ0) is 20.4. The number of benzene rings is 1. The normalized spacial score (nSPS) is 11.3. The van der Waals surface area contributed by atoms with Gasteiger partial charge in [0.2, 0.25) is 0 Å². The van der Waals surface area contributed by atoms with Crippen LogP contribution in [0.4, 0.5) is 11.5 Å². The second kappa shape index (κ2) is 9.01. The first-order valence-electron chi connectivity index (χ1n) is 8.82. The standard InChI is InChI=1S/C20H18ClN5O2S.ClH/c1-22-11-14-13-26(29(27,28)16-4-2-8-23-12-16)19-10-15(6-7-17(14)19)25-20-18(21)5-3-9-24-20;/h2-10,12-13,22H,11H2,1H3,(H,24,25);1H. The fraction of sp³-hybridized carbons (Fsp3) is 0.100. The van der Waals surface area contributed by atoms with E-state index in [1.165, 1.54) is 22.4 Å². The number of pyridine rings is 2. The highest BCUT2D eigenvalue weighted by Crippen LogP contribution is 2.30. The number of anilines is 2. The Hall–Kier alpha value is -2.65. The Morgan fingerprint density at radius 3 is 2.63 bits per heavy atom. The van der Waals surface area contributed by atoms with Gasteiger partial charge in [-0.3, -0.25) is 4.98 Å². The summed E-state index contributed by atoms with van der Waals surface area (Å²) in [5.41, 5.74) is 2.10. The highest BCUT2D eigenvalue weighted by molar-refractivity contribution is 7.90. The molecular formula is C20H19Cl2N5O2S. The number of nitrogens with one attached hydrogen (secondary N) is 2. The van der Waals surface area contributed by atoms with Crippen molar-refractivity contribution in [3.63, 3.8) is 0 Å². The predicted molar refractivity (Wildman–Crippen MR) is 121 cm³/mol. The molecule has 4 aromatic rings. The Morgan fingerprint density at radius 1 is 1.13 bits per heavy atom. The molecule has 2 N–H and O–H groups in total. The number of hydrogen-bond donors (Lipinski definition) is 2. The molecule has 0 fully saturated rings. The lowest BCUT2D eigenvalue weighted by molar-refractivity contribution is 0.588.